The van der Waals surface area contributed by atoms with Crippen LogP contribution in [0.1, 0.15) is 12.8 Å². The third-order valence-electron chi connectivity index (χ3n) is 5.90. The molecule has 5 rings (SSSR count). The summed E-state index contributed by atoms with van der Waals surface area (Å²) < 4.78 is 24.1. The van der Waals surface area contributed by atoms with Gasteiger partial charge in [-0.25, -0.2) is 9.37 Å². The fourth-order valence-electron chi connectivity index (χ4n) is 4.15. The minimum atomic E-state index is -0.323. The van der Waals surface area contributed by atoms with Crippen LogP contribution in [-0.4, -0.2) is 41.2 Å². The van der Waals surface area contributed by atoms with E-state index in [2.05, 4.69) is 25.3 Å². The summed E-state index contributed by atoms with van der Waals surface area (Å²) in [6.45, 7) is 1.29. The number of hydrogen-bond acceptors (Lipinski definition) is 7. The molecule has 1 N–H and O–H groups in total. The molecule has 1 fully saturated rings. The second kappa shape index (κ2) is 8.85. The Morgan fingerprint density at radius 1 is 1.12 bits per heavy atom. The predicted molar refractivity (Wildman–Crippen MR) is 122 cm³/mol. The number of methoxy groups -OCH3 is 1. The van der Waals surface area contributed by atoms with Gasteiger partial charge < -0.3 is 19.5 Å². The molecule has 0 unspecified atom stereocenters. The molecule has 0 radical (unpaired) electrons. The average molecular weight is 447 g/mol. The number of carbonyl (C=O) groups excluding carboxylic acids is 1. The molecule has 2 aromatic heterocycles. The molecule has 0 saturated carbocycles. The van der Waals surface area contributed by atoms with Crippen LogP contribution in [0, 0.1) is 11.7 Å². The Morgan fingerprint density at radius 3 is 2.64 bits per heavy atom. The molecular weight excluding hydrogens is 425 g/mol. The van der Waals surface area contributed by atoms with Gasteiger partial charge in [-0.15, -0.1) is 0 Å². The number of nitrogens with zero attached hydrogens (tertiary/aromatic N) is 4. The maximum atomic E-state index is 13.4. The Balaban J connectivity index is 1.34. The molecule has 3 heterocycles. The summed E-state index contributed by atoms with van der Waals surface area (Å²) in [7, 11) is 1.58. The summed E-state index contributed by atoms with van der Waals surface area (Å²) in [5, 5.41) is 7.82. The van der Waals surface area contributed by atoms with E-state index in [1.54, 1.807) is 19.2 Å². The van der Waals surface area contributed by atoms with Crippen LogP contribution in [0.3, 0.4) is 0 Å². The zero-order chi connectivity index (χ0) is 22.8. The summed E-state index contributed by atoms with van der Waals surface area (Å²) >= 11 is 0. The number of piperidine rings is 1. The van der Waals surface area contributed by atoms with Crippen molar-refractivity contribution in [3.8, 4) is 17.0 Å². The van der Waals surface area contributed by atoms with E-state index < -0.39 is 0 Å². The van der Waals surface area contributed by atoms with Crippen molar-refractivity contribution in [1.82, 2.24) is 15.1 Å². The van der Waals surface area contributed by atoms with Gasteiger partial charge in [0.15, 0.2) is 0 Å². The van der Waals surface area contributed by atoms with Crippen molar-refractivity contribution in [1.29, 1.82) is 0 Å². The molecule has 2 aromatic carbocycles. The van der Waals surface area contributed by atoms with Crippen LogP contribution < -0.4 is 15.0 Å². The lowest BCUT2D eigenvalue weighted by Crippen LogP contribution is -2.38. The first-order chi connectivity index (χ1) is 16.1. The van der Waals surface area contributed by atoms with Crippen molar-refractivity contribution < 1.29 is 18.4 Å². The molecule has 0 bridgehead atoms. The van der Waals surface area contributed by atoms with E-state index in [1.807, 2.05) is 24.3 Å². The van der Waals surface area contributed by atoms with Gasteiger partial charge in [-0.3, -0.25) is 4.79 Å². The summed E-state index contributed by atoms with van der Waals surface area (Å²) in [5.41, 5.74) is 2.32. The molecule has 1 aliphatic heterocycles. The lowest BCUT2D eigenvalue weighted by atomic mass is 9.95. The lowest BCUT2D eigenvalue weighted by molar-refractivity contribution is -0.120. The second-order valence-corrected chi connectivity index (χ2v) is 7.87. The number of hydrogen-bond donors (Lipinski definition) is 1. The van der Waals surface area contributed by atoms with E-state index in [4.69, 9.17) is 9.26 Å². The monoisotopic (exact) mass is 447 g/mol. The van der Waals surface area contributed by atoms with E-state index in [1.165, 1.54) is 18.5 Å². The van der Waals surface area contributed by atoms with Gasteiger partial charge in [0.2, 0.25) is 5.91 Å². The normalized spacial score (nSPS) is 14.4. The number of carbonyl (C=O) groups is 1. The number of amides is 1. The van der Waals surface area contributed by atoms with Gasteiger partial charge >= 0.3 is 0 Å². The van der Waals surface area contributed by atoms with Gasteiger partial charge in [-0.2, -0.15) is 4.98 Å². The van der Waals surface area contributed by atoms with Crippen molar-refractivity contribution in [3.63, 3.8) is 0 Å². The highest BCUT2D eigenvalue weighted by molar-refractivity contribution is 5.98. The van der Waals surface area contributed by atoms with Crippen molar-refractivity contribution in [2.75, 3.05) is 30.4 Å². The first-order valence-electron chi connectivity index (χ1n) is 10.7. The van der Waals surface area contributed by atoms with E-state index in [9.17, 15) is 9.18 Å². The first kappa shape index (κ1) is 20.9. The standard InChI is InChI=1S/C24H22FN5O3/c1-32-19-5-3-2-4-18(19)28-23(31)16-10-12-30(13-11-16)22-20-21(15-6-8-17(25)9-7-15)29-33-24(20)27-14-26-22/h2-9,14,16H,10-13H2,1H3,(H,28,31). The molecule has 168 valence electrons. The summed E-state index contributed by atoms with van der Waals surface area (Å²) in [6, 6.07) is 13.4. The third kappa shape index (κ3) is 4.09. The minimum absolute atomic E-state index is 0.0241. The lowest BCUT2D eigenvalue weighted by Gasteiger charge is -2.32. The number of aromatic nitrogens is 3. The Kier molecular flexibility index (Phi) is 5.60. The minimum Gasteiger partial charge on any atom is -0.495 e. The van der Waals surface area contributed by atoms with E-state index in [0.29, 0.717) is 60.0 Å². The fraction of sp³-hybridized carbons (Fsp3) is 0.250. The zero-order valence-electron chi connectivity index (χ0n) is 18.0. The van der Waals surface area contributed by atoms with Gasteiger partial charge in [0.1, 0.15) is 34.8 Å². The van der Waals surface area contributed by atoms with Crippen molar-refractivity contribution in [3.05, 3.63) is 60.7 Å². The smallest absolute Gasteiger partial charge is 0.263 e. The summed E-state index contributed by atoms with van der Waals surface area (Å²) in [6.07, 6.45) is 2.78. The van der Waals surface area contributed by atoms with Crippen LogP contribution in [0.25, 0.3) is 22.4 Å². The molecule has 8 nitrogen and oxygen atoms in total. The number of nitrogens with one attached hydrogen (secondary N) is 1. The fourth-order valence-corrected chi connectivity index (χ4v) is 4.15. The summed E-state index contributed by atoms with van der Waals surface area (Å²) in [5.74, 6) is 0.861. The van der Waals surface area contributed by atoms with Crippen LogP contribution in [0.4, 0.5) is 15.9 Å². The average Bonchev–Trinajstić information content (AvgIpc) is 3.29. The molecule has 1 aliphatic rings. The van der Waals surface area contributed by atoms with E-state index in [-0.39, 0.29) is 17.6 Å². The highest BCUT2D eigenvalue weighted by atomic mass is 19.1. The summed E-state index contributed by atoms with van der Waals surface area (Å²) in [4.78, 5) is 23.6. The van der Waals surface area contributed by atoms with Crippen LogP contribution in [0.5, 0.6) is 5.75 Å². The molecule has 0 atom stereocenters. The van der Waals surface area contributed by atoms with E-state index in [0.717, 1.165) is 5.56 Å². The molecule has 4 aromatic rings. The van der Waals surface area contributed by atoms with Crippen molar-refractivity contribution in [2.45, 2.75) is 12.8 Å². The largest absolute Gasteiger partial charge is 0.495 e. The van der Waals surface area contributed by atoms with Crippen LogP contribution in [0.15, 0.2) is 59.4 Å². The Morgan fingerprint density at radius 2 is 1.88 bits per heavy atom. The van der Waals surface area contributed by atoms with Gasteiger partial charge in [-0.1, -0.05) is 17.3 Å². The van der Waals surface area contributed by atoms with Crippen LogP contribution >= 0.6 is 0 Å². The van der Waals surface area contributed by atoms with E-state index >= 15 is 0 Å². The van der Waals surface area contributed by atoms with Gasteiger partial charge in [0, 0.05) is 24.6 Å². The van der Waals surface area contributed by atoms with Gasteiger partial charge in [-0.05, 0) is 49.2 Å². The number of rotatable bonds is 5. The maximum absolute atomic E-state index is 13.4. The topological polar surface area (TPSA) is 93.4 Å². The number of ether oxygens (including phenoxy) is 1. The van der Waals surface area contributed by atoms with Gasteiger partial charge in [0.25, 0.3) is 5.71 Å². The van der Waals surface area contributed by atoms with Crippen molar-refractivity contribution in [2.24, 2.45) is 5.92 Å². The molecule has 0 aliphatic carbocycles. The number of benzene rings is 2. The molecule has 0 spiro atoms. The number of para-hydroxylation sites is 2. The van der Waals surface area contributed by atoms with Crippen LogP contribution in [-0.2, 0) is 4.79 Å². The molecule has 1 saturated heterocycles. The zero-order valence-corrected chi connectivity index (χ0v) is 18.0. The quantitative estimate of drug-likeness (QED) is 0.488. The Hall–Kier alpha value is -4.01. The third-order valence-corrected chi connectivity index (χ3v) is 5.90. The second-order valence-electron chi connectivity index (χ2n) is 7.87. The first-order valence-corrected chi connectivity index (χ1v) is 10.7. The van der Waals surface area contributed by atoms with Gasteiger partial charge in [0.05, 0.1) is 12.8 Å². The number of halogens is 1. The Labute approximate surface area is 189 Å². The molecule has 9 heteroatoms. The highest BCUT2D eigenvalue weighted by Crippen LogP contribution is 2.35. The van der Waals surface area contributed by atoms with Crippen molar-refractivity contribution >= 4 is 28.5 Å². The highest BCUT2D eigenvalue weighted by Gasteiger charge is 2.28. The predicted octanol–water partition coefficient (Wildman–Crippen LogP) is 4.29. The molecule has 33 heavy (non-hydrogen) atoms. The number of fused-ring (bicyclic) bond motifs is 1. The SMILES string of the molecule is COc1ccccc1NC(=O)C1CCN(c2ncnc3onc(-c4ccc(F)cc4)c23)CC1. The molecular formula is C24H22FN5O3. The number of anilines is 2. The van der Waals surface area contributed by atoms with Crippen LogP contribution in [0.2, 0.25) is 0 Å². The molecule has 1 amide bonds. The maximum Gasteiger partial charge on any atom is 0.263 e. The Bertz CT molecular complexity index is 1280.